The lowest BCUT2D eigenvalue weighted by Gasteiger charge is -2.13. The smallest absolute Gasteiger partial charge is 0.257 e. The summed E-state index contributed by atoms with van der Waals surface area (Å²) in [6.45, 7) is 5.97. The second-order valence-corrected chi connectivity index (χ2v) is 6.99. The number of carbonyl (C=O) groups excluding carboxylic acids is 1. The molecule has 142 valence electrons. The molecule has 1 N–H and O–H groups in total. The van der Waals surface area contributed by atoms with E-state index in [0.29, 0.717) is 11.2 Å². The molecule has 0 fully saturated rings. The number of aromatic nitrogens is 5. The van der Waals surface area contributed by atoms with Crippen LogP contribution in [0.15, 0.2) is 48.9 Å². The molecule has 0 saturated heterocycles. The summed E-state index contributed by atoms with van der Waals surface area (Å²) in [7, 11) is 1.88. The Bertz CT molecular complexity index is 1160. The van der Waals surface area contributed by atoms with Gasteiger partial charge in [-0.1, -0.05) is 29.8 Å². The Morgan fingerprint density at radius 2 is 1.82 bits per heavy atom. The molecule has 0 bridgehead atoms. The van der Waals surface area contributed by atoms with Crippen LogP contribution in [0.2, 0.25) is 0 Å². The van der Waals surface area contributed by atoms with Gasteiger partial charge in [-0.2, -0.15) is 10.2 Å². The third-order valence-electron chi connectivity index (χ3n) is 5.08. The molecule has 0 radical (unpaired) electrons. The average molecular weight is 374 g/mol. The Morgan fingerprint density at radius 1 is 1.07 bits per heavy atom. The van der Waals surface area contributed by atoms with E-state index in [4.69, 9.17) is 0 Å². The monoisotopic (exact) mass is 374 g/mol. The van der Waals surface area contributed by atoms with Gasteiger partial charge in [-0.15, -0.1) is 0 Å². The minimum absolute atomic E-state index is 0.170. The van der Waals surface area contributed by atoms with Crippen molar-refractivity contribution in [2.45, 2.75) is 26.8 Å². The number of amides is 1. The van der Waals surface area contributed by atoms with Crippen molar-refractivity contribution in [1.82, 2.24) is 29.7 Å². The van der Waals surface area contributed by atoms with Gasteiger partial charge in [0.2, 0.25) is 0 Å². The van der Waals surface area contributed by atoms with Crippen LogP contribution in [-0.2, 0) is 7.05 Å². The summed E-state index contributed by atoms with van der Waals surface area (Å²) in [5.74, 6) is -0.209. The zero-order valence-electron chi connectivity index (χ0n) is 16.3. The summed E-state index contributed by atoms with van der Waals surface area (Å²) >= 11 is 0. The lowest BCUT2D eigenvalue weighted by molar-refractivity contribution is 0.0941. The number of fused-ring (bicyclic) bond motifs is 1. The summed E-state index contributed by atoms with van der Waals surface area (Å²) in [4.78, 5) is 17.3. The SMILES string of the molecule is Cc1ccc(-c2ccnc3c(C(=O)NC(C)c4cnn(C)c4C)cnn23)cc1. The molecule has 0 aliphatic carbocycles. The first-order chi connectivity index (χ1) is 13.5. The first-order valence-electron chi connectivity index (χ1n) is 9.15. The molecule has 4 rings (SSSR count). The summed E-state index contributed by atoms with van der Waals surface area (Å²) in [6.07, 6.45) is 5.06. The maximum Gasteiger partial charge on any atom is 0.257 e. The number of nitrogens with one attached hydrogen (secondary N) is 1. The Labute approximate surface area is 163 Å². The largest absolute Gasteiger partial charge is 0.345 e. The number of hydrogen-bond acceptors (Lipinski definition) is 4. The molecule has 1 amide bonds. The van der Waals surface area contributed by atoms with E-state index < -0.39 is 0 Å². The molecule has 1 unspecified atom stereocenters. The van der Waals surface area contributed by atoms with Crippen molar-refractivity contribution in [3.8, 4) is 11.3 Å². The fourth-order valence-corrected chi connectivity index (χ4v) is 3.29. The van der Waals surface area contributed by atoms with Gasteiger partial charge in [0, 0.05) is 30.1 Å². The second kappa shape index (κ2) is 6.92. The van der Waals surface area contributed by atoms with E-state index in [1.807, 2.05) is 46.0 Å². The Morgan fingerprint density at radius 3 is 2.50 bits per heavy atom. The van der Waals surface area contributed by atoms with Crippen LogP contribution in [0.5, 0.6) is 0 Å². The fraction of sp³-hybridized carbons (Fsp3) is 0.238. The average Bonchev–Trinajstić information content (AvgIpc) is 3.26. The van der Waals surface area contributed by atoms with Crippen LogP contribution in [0.3, 0.4) is 0 Å². The van der Waals surface area contributed by atoms with Gasteiger partial charge in [-0.05, 0) is 26.8 Å². The predicted octanol–water partition coefficient (Wildman–Crippen LogP) is 3.24. The third-order valence-corrected chi connectivity index (χ3v) is 5.08. The molecule has 0 aliphatic rings. The van der Waals surface area contributed by atoms with E-state index in [0.717, 1.165) is 22.5 Å². The van der Waals surface area contributed by atoms with Gasteiger partial charge in [-0.3, -0.25) is 9.48 Å². The lowest BCUT2D eigenvalue weighted by atomic mass is 10.1. The van der Waals surface area contributed by atoms with Crippen LogP contribution < -0.4 is 5.32 Å². The number of rotatable bonds is 4. The maximum atomic E-state index is 12.9. The predicted molar refractivity (Wildman–Crippen MR) is 107 cm³/mol. The summed E-state index contributed by atoms with van der Waals surface area (Å²) < 4.78 is 3.50. The zero-order valence-corrected chi connectivity index (χ0v) is 16.3. The van der Waals surface area contributed by atoms with Crippen LogP contribution >= 0.6 is 0 Å². The number of carbonyl (C=O) groups is 1. The number of nitrogens with zero attached hydrogens (tertiary/aromatic N) is 5. The van der Waals surface area contributed by atoms with E-state index in [1.54, 1.807) is 27.8 Å². The van der Waals surface area contributed by atoms with Crippen molar-refractivity contribution in [3.63, 3.8) is 0 Å². The van der Waals surface area contributed by atoms with Crippen LogP contribution in [0.25, 0.3) is 16.9 Å². The van der Waals surface area contributed by atoms with Crippen LogP contribution in [-0.4, -0.2) is 30.3 Å². The molecule has 28 heavy (non-hydrogen) atoms. The first-order valence-corrected chi connectivity index (χ1v) is 9.15. The van der Waals surface area contributed by atoms with Crippen molar-refractivity contribution in [2.24, 2.45) is 7.05 Å². The normalized spacial score (nSPS) is 12.3. The van der Waals surface area contributed by atoms with Gasteiger partial charge >= 0.3 is 0 Å². The molecule has 3 aromatic heterocycles. The summed E-state index contributed by atoms with van der Waals surface area (Å²) in [5.41, 5.74) is 6.09. The Balaban J connectivity index is 1.66. The highest BCUT2D eigenvalue weighted by Crippen LogP contribution is 2.22. The van der Waals surface area contributed by atoms with E-state index in [9.17, 15) is 4.79 Å². The van der Waals surface area contributed by atoms with Gasteiger partial charge in [0.05, 0.1) is 24.1 Å². The summed E-state index contributed by atoms with van der Waals surface area (Å²) in [6, 6.07) is 9.91. The molecule has 7 heteroatoms. The summed E-state index contributed by atoms with van der Waals surface area (Å²) in [5, 5.41) is 11.7. The van der Waals surface area contributed by atoms with E-state index in [1.165, 1.54) is 5.56 Å². The molecule has 1 atom stereocenters. The first kappa shape index (κ1) is 17.9. The van der Waals surface area contributed by atoms with Gasteiger partial charge in [0.25, 0.3) is 5.91 Å². The molecule has 0 aliphatic heterocycles. The van der Waals surface area contributed by atoms with Crippen molar-refractivity contribution in [2.75, 3.05) is 0 Å². The van der Waals surface area contributed by atoms with Crippen LogP contribution in [0.4, 0.5) is 0 Å². The Hall–Kier alpha value is -3.48. The second-order valence-electron chi connectivity index (χ2n) is 6.99. The highest BCUT2D eigenvalue weighted by Gasteiger charge is 2.20. The maximum absolute atomic E-state index is 12.9. The van der Waals surface area contributed by atoms with Gasteiger partial charge < -0.3 is 5.32 Å². The highest BCUT2D eigenvalue weighted by atomic mass is 16.1. The molecule has 0 spiro atoms. The lowest BCUT2D eigenvalue weighted by Crippen LogP contribution is -2.27. The Kier molecular flexibility index (Phi) is 4.43. The quantitative estimate of drug-likeness (QED) is 0.595. The number of hydrogen-bond donors (Lipinski definition) is 1. The number of benzene rings is 1. The van der Waals surface area contributed by atoms with Crippen molar-refractivity contribution in [3.05, 3.63) is 71.3 Å². The zero-order chi connectivity index (χ0) is 19.8. The highest BCUT2D eigenvalue weighted by molar-refractivity contribution is 6.00. The number of aryl methyl sites for hydroxylation is 2. The molecule has 1 aromatic carbocycles. The molecule has 7 nitrogen and oxygen atoms in total. The van der Waals surface area contributed by atoms with Crippen LogP contribution in [0, 0.1) is 13.8 Å². The molecule has 4 aromatic rings. The molecule has 3 heterocycles. The third kappa shape index (κ3) is 3.05. The molecule has 0 saturated carbocycles. The molecular weight excluding hydrogens is 352 g/mol. The van der Waals surface area contributed by atoms with Crippen LogP contribution in [0.1, 0.15) is 40.1 Å². The topological polar surface area (TPSA) is 77.1 Å². The minimum atomic E-state index is -0.209. The van der Waals surface area contributed by atoms with Gasteiger partial charge in [0.15, 0.2) is 5.65 Å². The van der Waals surface area contributed by atoms with Crippen molar-refractivity contribution < 1.29 is 4.79 Å². The van der Waals surface area contributed by atoms with E-state index in [2.05, 4.69) is 32.6 Å². The van der Waals surface area contributed by atoms with Gasteiger partial charge in [0.1, 0.15) is 5.56 Å². The van der Waals surface area contributed by atoms with E-state index >= 15 is 0 Å². The van der Waals surface area contributed by atoms with E-state index in [-0.39, 0.29) is 11.9 Å². The van der Waals surface area contributed by atoms with Gasteiger partial charge in [-0.25, -0.2) is 9.50 Å². The van der Waals surface area contributed by atoms with Crippen molar-refractivity contribution in [1.29, 1.82) is 0 Å². The van der Waals surface area contributed by atoms with Crippen molar-refractivity contribution >= 4 is 11.6 Å². The molecular formula is C21H22N6O. The fourth-order valence-electron chi connectivity index (χ4n) is 3.29. The minimum Gasteiger partial charge on any atom is -0.345 e. The standard InChI is InChI=1S/C21H22N6O/c1-13-5-7-16(8-6-13)19-9-10-22-20-18(12-24-27(19)20)21(28)25-14(2)17-11-23-26(4)15(17)3/h5-12,14H,1-4H3,(H,25,28).